The first-order valence-corrected chi connectivity index (χ1v) is 7.24. The average Bonchev–Trinajstić information content (AvgIpc) is 2.46. The number of hydrogen-bond donors (Lipinski definition) is 1. The molecule has 1 aliphatic rings. The van der Waals surface area contributed by atoms with Gasteiger partial charge in [-0.25, -0.2) is 0 Å². The molecule has 1 aromatic rings. The van der Waals surface area contributed by atoms with E-state index in [-0.39, 0.29) is 5.91 Å². The molecule has 1 aromatic carbocycles. The highest BCUT2D eigenvalue weighted by Crippen LogP contribution is 2.21. The van der Waals surface area contributed by atoms with Crippen molar-refractivity contribution in [3.8, 4) is 11.8 Å². The van der Waals surface area contributed by atoms with Gasteiger partial charge in [0.05, 0.1) is 6.54 Å². The van der Waals surface area contributed by atoms with E-state index in [0.29, 0.717) is 12.6 Å². The average molecular weight is 270 g/mol. The van der Waals surface area contributed by atoms with Crippen LogP contribution in [0, 0.1) is 18.8 Å². The maximum absolute atomic E-state index is 12.7. The molecule has 106 valence electrons. The van der Waals surface area contributed by atoms with Crippen LogP contribution in [0.2, 0.25) is 0 Å². The Hall–Kier alpha value is -1.79. The molecule has 2 N–H and O–H groups in total. The van der Waals surface area contributed by atoms with Gasteiger partial charge < -0.3 is 10.6 Å². The Labute approximate surface area is 121 Å². The van der Waals surface area contributed by atoms with Crippen molar-refractivity contribution in [2.75, 3.05) is 13.1 Å². The Morgan fingerprint density at radius 1 is 1.45 bits per heavy atom. The number of rotatable bonds is 1. The lowest BCUT2D eigenvalue weighted by atomic mass is 9.98. The predicted octanol–water partition coefficient (Wildman–Crippen LogP) is 2.32. The number of carbonyl (C=O) groups is 1. The molecule has 1 atom stereocenters. The van der Waals surface area contributed by atoms with Crippen molar-refractivity contribution >= 4 is 5.91 Å². The van der Waals surface area contributed by atoms with Crippen LogP contribution in [0.25, 0.3) is 0 Å². The molecule has 1 fully saturated rings. The van der Waals surface area contributed by atoms with Gasteiger partial charge in [0, 0.05) is 23.7 Å². The maximum atomic E-state index is 12.7. The Morgan fingerprint density at radius 3 is 2.95 bits per heavy atom. The van der Waals surface area contributed by atoms with Crippen LogP contribution >= 0.6 is 0 Å². The van der Waals surface area contributed by atoms with E-state index < -0.39 is 0 Å². The first kappa shape index (κ1) is 14.6. The van der Waals surface area contributed by atoms with Gasteiger partial charge in [0.15, 0.2) is 0 Å². The molecule has 3 nitrogen and oxygen atoms in total. The minimum atomic E-state index is 0.131. The Balaban J connectivity index is 2.30. The van der Waals surface area contributed by atoms with Crippen LogP contribution in [-0.4, -0.2) is 29.9 Å². The maximum Gasteiger partial charge on any atom is 0.254 e. The monoisotopic (exact) mass is 270 g/mol. The highest BCUT2D eigenvalue weighted by atomic mass is 16.2. The molecular formula is C17H22N2O. The van der Waals surface area contributed by atoms with E-state index in [1.54, 1.807) is 0 Å². The van der Waals surface area contributed by atoms with Crippen LogP contribution in [0.1, 0.15) is 47.7 Å². The SMILES string of the molecule is Cc1c(C#CCN)cccc1C(=O)N1CCCCC1C. The summed E-state index contributed by atoms with van der Waals surface area (Å²) in [5.74, 6) is 6.02. The molecule has 1 heterocycles. The zero-order valence-electron chi connectivity index (χ0n) is 12.3. The number of likely N-dealkylation sites (tertiary alicyclic amines) is 1. The van der Waals surface area contributed by atoms with Crippen molar-refractivity contribution in [1.82, 2.24) is 4.90 Å². The van der Waals surface area contributed by atoms with Gasteiger partial charge in [0.2, 0.25) is 0 Å². The minimum absolute atomic E-state index is 0.131. The molecule has 3 heteroatoms. The Bertz CT molecular complexity index is 554. The van der Waals surface area contributed by atoms with Crippen LogP contribution < -0.4 is 5.73 Å². The zero-order chi connectivity index (χ0) is 14.5. The topological polar surface area (TPSA) is 46.3 Å². The summed E-state index contributed by atoms with van der Waals surface area (Å²) in [5, 5.41) is 0. The molecule has 0 aromatic heterocycles. The smallest absolute Gasteiger partial charge is 0.254 e. The van der Waals surface area contributed by atoms with Gasteiger partial charge in [-0.3, -0.25) is 4.79 Å². The van der Waals surface area contributed by atoms with Crippen LogP contribution in [0.3, 0.4) is 0 Å². The molecule has 0 spiro atoms. The van der Waals surface area contributed by atoms with Crippen molar-refractivity contribution < 1.29 is 4.79 Å². The zero-order valence-corrected chi connectivity index (χ0v) is 12.3. The first-order chi connectivity index (χ1) is 9.65. The van der Waals surface area contributed by atoms with Crippen LogP contribution in [-0.2, 0) is 0 Å². The number of piperidine rings is 1. The van der Waals surface area contributed by atoms with E-state index in [9.17, 15) is 4.79 Å². The molecule has 1 unspecified atom stereocenters. The van der Waals surface area contributed by atoms with Gasteiger partial charge in [-0.05, 0) is 50.8 Å². The van der Waals surface area contributed by atoms with E-state index >= 15 is 0 Å². The Kier molecular flexibility index (Phi) is 4.81. The largest absolute Gasteiger partial charge is 0.336 e. The molecule has 0 aliphatic carbocycles. The van der Waals surface area contributed by atoms with E-state index in [1.165, 1.54) is 6.42 Å². The third-order valence-corrected chi connectivity index (χ3v) is 3.95. The van der Waals surface area contributed by atoms with E-state index in [1.807, 2.05) is 30.0 Å². The summed E-state index contributed by atoms with van der Waals surface area (Å²) in [7, 11) is 0. The first-order valence-electron chi connectivity index (χ1n) is 7.24. The molecule has 20 heavy (non-hydrogen) atoms. The number of nitrogens with zero attached hydrogens (tertiary/aromatic N) is 1. The summed E-state index contributed by atoms with van der Waals surface area (Å²) in [5.41, 5.74) is 8.03. The van der Waals surface area contributed by atoms with E-state index in [2.05, 4.69) is 18.8 Å². The van der Waals surface area contributed by atoms with Crippen molar-refractivity contribution in [3.05, 3.63) is 34.9 Å². The Morgan fingerprint density at radius 2 is 2.25 bits per heavy atom. The molecule has 0 radical (unpaired) electrons. The number of carbonyl (C=O) groups excluding carboxylic acids is 1. The fraction of sp³-hybridized carbons (Fsp3) is 0.471. The van der Waals surface area contributed by atoms with Crippen molar-refractivity contribution in [2.45, 2.75) is 39.2 Å². The molecule has 1 amide bonds. The third kappa shape index (κ3) is 3.02. The second kappa shape index (κ2) is 6.58. The lowest BCUT2D eigenvalue weighted by Gasteiger charge is -2.33. The molecular weight excluding hydrogens is 248 g/mol. The van der Waals surface area contributed by atoms with Crippen molar-refractivity contribution in [2.24, 2.45) is 5.73 Å². The van der Waals surface area contributed by atoms with Gasteiger partial charge in [0.1, 0.15) is 0 Å². The van der Waals surface area contributed by atoms with Gasteiger partial charge in [0.25, 0.3) is 5.91 Å². The second-order valence-corrected chi connectivity index (χ2v) is 5.33. The van der Waals surface area contributed by atoms with Crippen molar-refractivity contribution in [1.29, 1.82) is 0 Å². The number of nitrogens with two attached hydrogens (primary N) is 1. The van der Waals surface area contributed by atoms with E-state index in [0.717, 1.165) is 36.1 Å². The second-order valence-electron chi connectivity index (χ2n) is 5.33. The normalized spacial score (nSPS) is 18.4. The fourth-order valence-electron chi connectivity index (χ4n) is 2.70. The van der Waals surface area contributed by atoms with Crippen LogP contribution in [0.15, 0.2) is 18.2 Å². The van der Waals surface area contributed by atoms with Gasteiger partial charge in [-0.1, -0.05) is 17.9 Å². The molecule has 0 saturated carbocycles. The fourth-order valence-corrected chi connectivity index (χ4v) is 2.70. The van der Waals surface area contributed by atoms with Gasteiger partial charge in [-0.2, -0.15) is 0 Å². The number of amides is 1. The number of benzene rings is 1. The minimum Gasteiger partial charge on any atom is -0.336 e. The summed E-state index contributed by atoms with van der Waals surface area (Å²) in [4.78, 5) is 14.7. The lowest BCUT2D eigenvalue weighted by Crippen LogP contribution is -2.42. The van der Waals surface area contributed by atoms with Crippen LogP contribution in [0.5, 0.6) is 0 Å². The highest BCUT2D eigenvalue weighted by molar-refractivity contribution is 5.96. The van der Waals surface area contributed by atoms with Crippen LogP contribution in [0.4, 0.5) is 0 Å². The van der Waals surface area contributed by atoms with Gasteiger partial charge in [-0.15, -0.1) is 0 Å². The summed E-state index contributed by atoms with van der Waals surface area (Å²) < 4.78 is 0. The molecule has 1 aliphatic heterocycles. The summed E-state index contributed by atoms with van der Waals surface area (Å²) in [6, 6.07) is 6.06. The molecule has 2 rings (SSSR count). The number of hydrogen-bond acceptors (Lipinski definition) is 2. The summed E-state index contributed by atoms with van der Waals surface area (Å²) in [6.07, 6.45) is 3.41. The van der Waals surface area contributed by atoms with Gasteiger partial charge >= 0.3 is 0 Å². The third-order valence-electron chi connectivity index (χ3n) is 3.95. The lowest BCUT2D eigenvalue weighted by molar-refractivity contribution is 0.0635. The molecule has 0 bridgehead atoms. The highest BCUT2D eigenvalue weighted by Gasteiger charge is 2.25. The summed E-state index contributed by atoms with van der Waals surface area (Å²) >= 11 is 0. The predicted molar refractivity (Wildman–Crippen MR) is 81.5 cm³/mol. The standard InChI is InChI=1S/C17H22N2O/c1-13-7-3-4-12-19(13)17(20)16-10-5-8-15(14(16)2)9-6-11-18/h5,8,10,13H,3-4,7,11-12,18H2,1-2H3. The van der Waals surface area contributed by atoms with Crippen molar-refractivity contribution in [3.63, 3.8) is 0 Å². The van der Waals surface area contributed by atoms with E-state index in [4.69, 9.17) is 5.73 Å². The summed E-state index contributed by atoms with van der Waals surface area (Å²) in [6.45, 7) is 5.28. The quantitative estimate of drug-likeness (QED) is 0.796. The molecule has 1 saturated heterocycles.